The Morgan fingerprint density at radius 1 is 1.42 bits per heavy atom. The van der Waals surface area contributed by atoms with Crippen molar-refractivity contribution in [3.8, 4) is 0 Å². The van der Waals surface area contributed by atoms with E-state index in [-0.39, 0.29) is 17.7 Å². The third-order valence-electron chi connectivity index (χ3n) is 5.87. The van der Waals surface area contributed by atoms with Gasteiger partial charge in [-0.3, -0.25) is 9.59 Å². The van der Waals surface area contributed by atoms with Crippen molar-refractivity contribution in [2.75, 3.05) is 32.7 Å². The van der Waals surface area contributed by atoms with Crippen molar-refractivity contribution < 1.29 is 9.59 Å². The van der Waals surface area contributed by atoms with Crippen LogP contribution in [0.15, 0.2) is 6.20 Å². The van der Waals surface area contributed by atoms with E-state index in [4.69, 9.17) is 4.98 Å². The van der Waals surface area contributed by atoms with Gasteiger partial charge in [0, 0.05) is 63.2 Å². The molecule has 0 bridgehead atoms. The average molecular weight is 357 g/mol. The van der Waals surface area contributed by atoms with E-state index in [9.17, 15) is 9.59 Å². The van der Waals surface area contributed by atoms with Crippen molar-refractivity contribution in [1.82, 2.24) is 25.1 Å². The molecule has 26 heavy (non-hydrogen) atoms. The Bertz CT molecular complexity index is 701. The highest BCUT2D eigenvalue weighted by molar-refractivity contribution is 5.89. The van der Waals surface area contributed by atoms with Crippen LogP contribution in [-0.4, -0.2) is 64.3 Å². The maximum atomic E-state index is 12.8. The molecule has 0 aromatic carbocycles. The number of carbonyl (C=O) groups excluding carboxylic acids is 2. The van der Waals surface area contributed by atoms with Gasteiger partial charge in [0.05, 0.1) is 11.6 Å². The molecule has 2 fully saturated rings. The molecule has 0 radical (unpaired) electrons. The molecular formula is C19H27N5O2. The Balaban J connectivity index is 1.43. The number of fused-ring (bicyclic) bond motifs is 1. The lowest BCUT2D eigenvalue weighted by molar-refractivity contribution is -0.136. The number of hydrogen-bond donors (Lipinski definition) is 1. The maximum absolute atomic E-state index is 12.8. The third kappa shape index (κ3) is 3.32. The molecule has 0 aliphatic carbocycles. The monoisotopic (exact) mass is 357 g/mol. The summed E-state index contributed by atoms with van der Waals surface area (Å²) in [5.74, 6) is 1.34. The van der Waals surface area contributed by atoms with E-state index in [1.165, 1.54) is 6.42 Å². The minimum atomic E-state index is -0.197. The van der Waals surface area contributed by atoms with Crippen LogP contribution in [0, 0.1) is 5.92 Å². The molecule has 0 saturated carbocycles. The zero-order valence-corrected chi connectivity index (χ0v) is 15.4. The van der Waals surface area contributed by atoms with E-state index in [2.05, 4.69) is 10.3 Å². The molecule has 1 aromatic rings. The molecule has 1 aromatic heterocycles. The molecule has 2 saturated heterocycles. The molecule has 2 atom stereocenters. The van der Waals surface area contributed by atoms with Crippen LogP contribution in [0.4, 0.5) is 0 Å². The van der Waals surface area contributed by atoms with Gasteiger partial charge in [-0.05, 0) is 26.3 Å². The standard InChI is InChI=1S/C19H27N5O2/c1-2-23-11-14(8-17(23)25)19(26)24-7-5-16-15(12-24)10-21-18(22-16)13-4-3-6-20-9-13/h10,13-14,20H,2-9,11-12H2,1H3/t13-,14+/m1/s1. The van der Waals surface area contributed by atoms with Crippen LogP contribution < -0.4 is 5.32 Å². The molecule has 3 aliphatic rings. The minimum Gasteiger partial charge on any atom is -0.342 e. The molecule has 3 aliphatic heterocycles. The van der Waals surface area contributed by atoms with Crippen LogP contribution in [0.3, 0.4) is 0 Å². The SMILES string of the molecule is CCN1C[C@@H](C(=O)N2CCc3nc([C@@H]4CCCNC4)ncc3C2)CC1=O. The number of hydrogen-bond acceptors (Lipinski definition) is 5. The first-order valence-electron chi connectivity index (χ1n) is 9.77. The Kier molecular flexibility index (Phi) is 4.89. The number of piperidine rings is 1. The van der Waals surface area contributed by atoms with Crippen molar-refractivity contribution in [3.05, 3.63) is 23.3 Å². The second-order valence-corrected chi connectivity index (χ2v) is 7.59. The molecule has 7 nitrogen and oxygen atoms in total. The fourth-order valence-corrected chi connectivity index (χ4v) is 4.29. The summed E-state index contributed by atoms with van der Waals surface area (Å²) >= 11 is 0. The third-order valence-corrected chi connectivity index (χ3v) is 5.87. The van der Waals surface area contributed by atoms with Crippen LogP contribution >= 0.6 is 0 Å². The summed E-state index contributed by atoms with van der Waals surface area (Å²) in [6.45, 7) is 6.47. The number of nitrogens with one attached hydrogen (secondary N) is 1. The van der Waals surface area contributed by atoms with Crippen molar-refractivity contribution in [3.63, 3.8) is 0 Å². The lowest BCUT2D eigenvalue weighted by Crippen LogP contribution is -2.41. The Morgan fingerprint density at radius 2 is 2.31 bits per heavy atom. The summed E-state index contributed by atoms with van der Waals surface area (Å²) in [6, 6.07) is 0. The lowest BCUT2D eigenvalue weighted by Gasteiger charge is -2.31. The molecule has 4 heterocycles. The fourth-order valence-electron chi connectivity index (χ4n) is 4.29. The second-order valence-electron chi connectivity index (χ2n) is 7.59. The van der Waals surface area contributed by atoms with Gasteiger partial charge < -0.3 is 15.1 Å². The molecule has 4 rings (SSSR count). The van der Waals surface area contributed by atoms with Crippen LogP contribution in [0.2, 0.25) is 0 Å². The summed E-state index contributed by atoms with van der Waals surface area (Å²) in [5, 5.41) is 3.41. The number of likely N-dealkylation sites (tertiary alicyclic amines) is 1. The summed E-state index contributed by atoms with van der Waals surface area (Å²) in [7, 11) is 0. The Hall–Kier alpha value is -2.02. The van der Waals surface area contributed by atoms with Crippen molar-refractivity contribution in [2.45, 2.75) is 45.1 Å². The summed E-state index contributed by atoms with van der Waals surface area (Å²) in [6.07, 6.45) is 5.33. The molecule has 0 spiro atoms. The van der Waals surface area contributed by atoms with Crippen LogP contribution in [0.1, 0.15) is 49.2 Å². The van der Waals surface area contributed by atoms with E-state index in [1.807, 2.05) is 18.0 Å². The second kappa shape index (κ2) is 7.31. The summed E-state index contributed by atoms with van der Waals surface area (Å²) in [5.41, 5.74) is 2.14. The normalized spacial score (nSPS) is 26.1. The van der Waals surface area contributed by atoms with Gasteiger partial charge in [0.1, 0.15) is 5.82 Å². The van der Waals surface area contributed by atoms with Gasteiger partial charge in [-0.25, -0.2) is 9.97 Å². The zero-order valence-electron chi connectivity index (χ0n) is 15.4. The number of aromatic nitrogens is 2. The topological polar surface area (TPSA) is 78.4 Å². The first-order valence-corrected chi connectivity index (χ1v) is 9.77. The number of amides is 2. The average Bonchev–Trinajstić information content (AvgIpc) is 3.08. The highest BCUT2D eigenvalue weighted by Gasteiger charge is 2.36. The Morgan fingerprint density at radius 3 is 3.04 bits per heavy atom. The minimum absolute atomic E-state index is 0.0947. The van der Waals surface area contributed by atoms with Gasteiger partial charge in [-0.15, -0.1) is 0 Å². The van der Waals surface area contributed by atoms with Crippen LogP contribution in [-0.2, 0) is 22.6 Å². The van der Waals surface area contributed by atoms with Crippen molar-refractivity contribution in [2.24, 2.45) is 5.92 Å². The summed E-state index contributed by atoms with van der Waals surface area (Å²) in [4.78, 5) is 37.8. The first-order chi connectivity index (χ1) is 12.7. The van der Waals surface area contributed by atoms with Gasteiger partial charge in [0.15, 0.2) is 0 Å². The van der Waals surface area contributed by atoms with E-state index >= 15 is 0 Å². The predicted molar refractivity (Wildman–Crippen MR) is 96.4 cm³/mol. The number of nitrogens with zero attached hydrogens (tertiary/aromatic N) is 4. The van der Waals surface area contributed by atoms with Crippen LogP contribution in [0.25, 0.3) is 0 Å². The van der Waals surface area contributed by atoms with E-state index in [0.717, 1.165) is 43.0 Å². The molecular weight excluding hydrogens is 330 g/mol. The largest absolute Gasteiger partial charge is 0.342 e. The molecule has 2 amide bonds. The number of carbonyl (C=O) groups is 2. The van der Waals surface area contributed by atoms with Crippen molar-refractivity contribution in [1.29, 1.82) is 0 Å². The molecule has 140 valence electrons. The Labute approximate surface area is 154 Å². The predicted octanol–water partition coefficient (Wildman–Crippen LogP) is 0.697. The lowest BCUT2D eigenvalue weighted by atomic mass is 9.97. The highest BCUT2D eigenvalue weighted by Crippen LogP contribution is 2.26. The quantitative estimate of drug-likeness (QED) is 0.861. The van der Waals surface area contributed by atoms with Crippen LogP contribution in [0.5, 0.6) is 0 Å². The molecule has 7 heteroatoms. The molecule has 1 N–H and O–H groups in total. The van der Waals surface area contributed by atoms with Gasteiger partial charge in [-0.2, -0.15) is 0 Å². The van der Waals surface area contributed by atoms with Gasteiger partial charge in [-0.1, -0.05) is 0 Å². The summed E-state index contributed by atoms with van der Waals surface area (Å²) < 4.78 is 0. The van der Waals surface area contributed by atoms with E-state index in [1.54, 1.807) is 4.90 Å². The zero-order chi connectivity index (χ0) is 18.1. The van der Waals surface area contributed by atoms with Gasteiger partial charge in [0.25, 0.3) is 0 Å². The number of rotatable bonds is 3. The highest BCUT2D eigenvalue weighted by atomic mass is 16.2. The van der Waals surface area contributed by atoms with E-state index in [0.29, 0.717) is 38.5 Å². The molecule has 0 unspecified atom stereocenters. The first kappa shape index (κ1) is 17.4. The fraction of sp³-hybridized carbons (Fsp3) is 0.684. The maximum Gasteiger partial charge on any atom is 0.228 e. The van der Waals surface area contributed by atoms with Gasteiger partial charge in [0.2, 0.25) is 11.8 Å². The van der Waals surface area contributed by atoms with Crippen molar-refractivity contribution >= 4 is 11.8 Å². The smallest absolute Gasteiger partial charge is 0.228 e. The van der Waals surface area contributed by atoms with E-state index < -0.39 is 0 Å². The van der Waals surface area contributed by atoms with Gasteiger partial charge >= 0.3 is 0 Å².